The molecule has 5 nitrogen and oxygen atoms in total. The molecule has 1 rings (SSSR count). The lowest BCUT2D eigenvalue weighted by atomic mass is 10.2. The number of nitrogens with one attached hydrogen (secondary N) is 1. The number of methoxy groups -OCH3 is 1. The van der Waals surface area contributed by atoms with E-state index in [1.807, 2.05) is 6.92 Å². The zero-order valence-corrected chi connectivity index (χ0v) is 10.9. The average molecular weight is 258 g/mol. The Kier molecular flexibility index (Phi) is 4.77. The molecule has 0 bridgehead atoms. The lowest BCUT2D eigenvalue weighted by Crippen LogP contribution is -2.25. The number of rotatable bonds is 6. The molecule has 96 valence electrons. The third-order valence-electron chi connectivity index (χ3n) is 2.26. The summed E-state index contributed by atoms with van der Waals surface area (Å²) < 4.78 is 30.4. The number of anilines is 1. The second kappa shape index (κ2) is 5.88. The minimum atomic E-state index is -3.18. The summed E-state index contributed by atoms with van der Waals surface area (Å²) in [5, 5.41) is 0. The van der Waals surface area contributed by atoms with Gasteiger partial charge >= 0.3 is 0 Å². The van der Waals surface area contributed by atoms with Crippen LogP contribution in [-0.2, 0) is 16.6 Å². The maximum atomic E-state index is 11.4. The van der Waals surface area contributed by atoms with Gasteiger partial charge in [0.15, 0.2) is 0 Å². The summed E-state index contributed by atoms with van der Waals surface area (Å²) in [6, 6.07) is 5.20. The van der Waals surface area contributed by atoms with Gasteiger partial charge in [-0.1, -0.05) is 13.0 Å². The predicted molar refractivity (Wildman–Crippen MR) is 68.3 cm³/mol. The topological polar surface area (TPSA) is 81.4 Å². The molecule has 0 aliphatic heterocycles. The van der Waals surface area contributed by atoms with Gasteiger partial charge in [0.1, 0.15) is 5.75 Å². The average Bonchev–Trinajstić information content (AvgIpc) is 2.27. The number of nitrogen functional groups attached to an aromatic ring is 1. The molecule has 3 N–H and O–H groups in total. The summed E-state index contributed by atoms with van der Waals surface area (Å²) in [5.41, 5.74) is 7.04. The van der Waals surface area contributed by atoms with Gasteiger partial charge in [0, 0.05) is 6.54 Å². The second-order valence-corrected chi connectivity index (χ2v) is 5.64. The van der Waals surface area contributed by atoms with Crippen LogP contribution in [0.5, 0.6) is 5.75 Å². The summed E-state index contributed by atoms with van der Waals surface area (Å²) in [5.74, 6) is 0.726. The van der Waals surface area contributed by atoms with E-state index in [1.165, 1.54) is 7.11 Å². The Balaban J connectivity index is 2.67. The fourth-order valence-corrected chi connectivity index (χ4v) is 2.50. The fourth-order valence-electron chi connectivity index (χ4n) is 1.43. The monoisotopic (exact) mass is 258 g/mol. The van der Waals surface area contributed by atoms with Crippen LogP contribution in [-0.4, -0.2) is 21.3 Å². The van der Waals surface area contributed by atoms with Crippen molar-refractivity contribution in [1.82, 2.24) is 4.72 Å². The van der Waals surface area contributed by atoms with Gasteiger partial charge in [-0.3, -0.25) is 0 Å². The highest BCUT2D eigenvalue weighted by atomic mass is 32.2. The Morgan fingerprint density at radius 1 is 1.41 bits per heavy atom. The Labute approximate surface area is 102 Å². The summed E-state index contributed by atoms with van der Waals surface area (Å²) in [7, 11) is -1.64. The Morgan fingerprint density at radius 2 is 2.12 bits per heavy atom. The van der Waals surface area contributed by atoms with Gasteiger partial charge in [-0.05, 0) is 24.1 Å². The van der Waals surface area contributed by atoms with Crippen molar-refractivity contribution in [3.63, 3.8) is 0 Å². The molecule has 0 saturated carbocycles. The van der Waals surface area contributed by atoms with Gasteiger partial charge in [0.25, 0.3) is 0 Å². The summed E-state index contributed by atoms with van der Waals surface area (Å²) >= 11 is 0. The molecular formula is C11H18N2O3S. The lowest BCUT2D eigenvalue weighted by Gasteiger charge is -2.08. The molecule has 0 spiro atoms. The van der Waals surface area contributed by atoms with Crippen molar-refractivity contribution in [1.29, 1.82) is 0 Å². The maximum absolute atomic E-state index is 11.4. The summed E-state index contributed by atoms with van der Waals surface area (Å²) in [6.07, 6.45) is 0.597. The van der Waals surface area contributed by atoms with Crippen molar-refractivity contribution in [2.75, 3.05) is 18.6 Å². The zero-order valence-electron chi connectivity index (χ0n) is 10.1. The van der Waals surface area contributed by atoms with Crippen molar-refractivity contribution in [3.8, 4) is 5.75 Å². The molecular weight excluding hydrogens is 240 g/mol. The summed E-state index contributed by atoms with van der Waals surface area (Å²) in [4.78, 5) is 0. The highest BCUT2D eigenvalue weighted by Gasteiger charge is 2.08. The molecule has 0 saturated heterocycles. The van der Waals surface area contributed by atoms with Crippen LogP contribution in [0, 0.1) is 0 Å². The number of benzene rings is 1. The Morgan fingerprint density at radius 3 is 2.65 bits per heavy atom. The minimum absolute atomic E-state index is 0.138. The molecule has 6 heteroatoms. The predicted octanol–water partition coefficient (Wildman–Crippen LogP) is 1.11. The van der Waals surface area contributed by atoms with E-state index in [-0.39, 0.29) is 12.3 Å². The third-order valence-corrected chi connectivity index (χ3v) is 3.79. The normalized spacial score (nSPS) is 11.4. The molecule has 0 aromatic heterocycles. The van der Waals surface area contributed by atoms with E-state index in [0.29, 0.717) is 17.9 Å². The fraction of sp³-hybridized carbons (Fsp3) is 0.455. The smallest absolute Gasteiger partial charge is 0.211 e. The van der Waals surface area contributed by atoms with E-state index in [2.05, 4.69) is 4.72 Å². The Bertz CT molecular complexity index is 472. The van der Waals surface area contributed by atoms with Crippen LogP contribution in [0.25, 0.3) is 0 Å². The van der Waals surface area contributed by atoms with E-state index in [1.54, 1.807) is 18.2 Å². The van der Waals surface area contributed by atoms with Crippen molar-refractivity contribution in [3.05, 3.63) is 23.8 Å². The molecule has 0 atom stereocenters. The first-order chi connectivity index (χ1) is 7.98. The van der Waals surface area contributed by atoms with E-state index in [4.69, 9.17) is 10.5 Å². The van der Waals surface area contributed by atoms with E-state index in [9.17, 15) is 8.42 Å². The number of hydrogen-bond acceptors (Lipinski definition) is 4. The molecule has 0 aliphatic carbocycles. The molecule has 0 fully saturated rings. The largest absolute Gasteiger partial charge is 0.495 e. The first kappa shape index (κ1) is 13.8. The summed E-state index contributed by atoms with van der Waals surface area (Å²) in [6.45, 7) is 2.07. The molecule has 0 radical (unpaired) electrons. The van der Waals surface area contributed by atoms with Gasteiger partial charge in [0.05, 0.1) is 18.6 Å². The molecule has 0 aliphatic rings. The third kappa shape index (κ3) is 4.24. The number of sulfonamides is 1. The van der Waals surface area contributed by atoms with Crippen molar-refractivity contribution in [2.24, 2.45) is 0 Å². The minimum Gasteiger partial charge on any atom is -0.495 e. The molecule has 17 heavy (non-hydrogen) atoms. The SMILES string of the molecule is CCCS(=O)(=O)NCc1ccc(OC)c(N)c1. The number of nitrogens with two attached hydrogens (primary N) is 1. The van der Waals surface area contributed by atoms with Crippen molar-refractivity contribution >= 4 is 15.7 Å². The van der Waals surface area contributed by atoms with Crippen LogP contribution in [0.2, 0.25) is 0 Å². The van der Waals surface area contributed by atoms with Gasteiger partial charge in [0.2, 0.25) is 10.0 Å². The van der Waals surface area contributed by atoms with Crippen molar-refractivity contribution < 1.29 is 13.2 Å². The van der Waals surface area contributed by atoms with Gasteiger partial charge < -0.3 is 10.5 Å². The van der Waals surface area contributed by atoms with Gasteiger partial charge in [-0.25, -0.2) is 13.1 Å². The highest BCUT2D eigenvalue weighted by molar-refractivity contribution is 7.89. The van der Waals surface area contributed by atoms with Crippen LogP contribution < -0.4 is 15.2 Å². The zero-order chi connectivity index (χ0) is 12.9. The molecule has 0 unspecified atom stereocenters. The van der Waals surface area contributed by atoms with Crippen molar-refractivity contribution in [2.45, 2.75) is 19.9 Å². The molecule has 1 aromatic rings. The first-order valence-corrected chi connectivity index (χ1v) is 7.03. The van der Waals surface area contributed by atoms with Crippen LogP contribution in [0.15, 0.2) is 18.2 Å². The van der Waals surface area contributed by atoms with E-state index >= 15 is 0 Å². The lowest BCUT2D eigenvalue weighted by molar-refractivity contribution is 0.417. The quantitative estimate of drug-likeness (QED) is 0.749. The van der Waals surface area contributed by atoms with E-state index in [0.717, 1.165) is 5.56 Å². The van der Waals surface area contributed by atoms with Gasteiger partial charge in [-0.15, -0.1) is 0 Å². The molecule has 1 aromatic carbocycles. The first-order valence-electron chi connectivity index (χ1n) is 5.38. The standard InChI is InChI=1S/C11H18N2O3S/c1-3-6-17(14,15)13-8-9-4-5-11(16-2)10(12)7-9/h4-5,7,13H,3,6,8,12H2,1-2H3. The van der Waals surface area contributed by atoms with Crippen LogP contribution in [0.4, 0.5) is 5.69 Å². The van der Waals surface area contributed by atoms with Crippen LogP contribution in [0.1, 0.15) is 18.9 Å². The second-order valence-electron chi connectivity index (χ2n) is 3.72. The maximum Gasteiger partial charge on any atom is 0.211 e. The number of ether oxygens (including phenoxy) is 1. The Hall–Kier alpha value is -1.27. The highest BCUT2D eigenvalue weighted by Crippen LogP contribution is 2.21. The van der Waals surface area contributed by atoms with Crippen LogP contribution >= 0.6 is 0 Å². The van der Waals surface area contributed by atoms with Gasteiger partial charge in [-0.2, -0.15) is 0 Å². The van der Waals surface area contributed by atoms with E-state index < -0.39 is 10.0 Å². The molecule has 0 heterocycles. The van der Waals surface area contributed by atoms with Crippen LogP contribution in [0.3, 0.4) is 0 Å². The molecule has 0 amide bonds. The number of hydrogen-bond donors (Lipinski definition) is 2.